The van der Waals surface area contributed by atoms with E-state index in [0.717, 1.165) is 46.9 Å². The summed E-state index contributed by atoms with van der Waals surface area (Å²) in [5.41, 5.74) is 4.86. The molecule has 3 heteroatoms. The van der Waals surface area contributed by atoms with Crippen LogP contribution in [-0.2, 0) is 5.72 Å². The van der Waals surface area contributed by atoms with Crippen LogP contribution in [0.4, 0.5) is 0 Å². The van der Waals surface area contributed by atoms with E-state index in [-0.39, 0.29) is 0 Å². The quantitative estimate of drug-likeness (QED) is 0.594. The molecule has 166 valence electrons. The van der Waals surface area contributed by atoms with Crippen molar-refractivity contribution in [3.63, 3.8) is 0 Å². The second-order valence-electron chi connectivity index (χ2n) is 8.79. The van der Waals surface area contributed by atoms with Gasteiger partial charge in [0.1, 0.15) is 11.5 Å². The summed E-state index contributed by atoms with van der Waals surface area (Å²) in [4.78, 5) is 1.45. The van der Waals surface area contributed by atoms with Gasteiger partial charge in [0.2, 0.25) is 0 Å². The standard InChI is InChI=1S/C30H29NO2/c1-23-27(20-15-24-11-5-3-6-12-24)28-13-7-8-14-29(28)33-30(23,31-21-9-4-10-22-31)25-16-18-26(32-2)19-17-25/h3,5-8,11-14,16-19H,4,9-10,21-22H2,1-2H3/p+1/t30-/m0/s1. The first-order chi connectivity index (χ1) is 16.2. The minimum absolute atomic E-state index is 0.609. The molecule has 1 saturated heterocycles. The highest BCUT2D eigenvalue weighted by Crippen LogP contribution is 2.43. The zero-order valence-corrected chi connectivity index (χ0v) is 19.4. The smallest absolute Gasteiger partial charge is 0.292 e. The van der Waals surface area contributed by atoms with E-state index in [1.807, 2.05) is 36.4 Å². The van der Waals surface area contributed by atoms with Gasteiger partial charge in [-0.15, -0.1) is 0 Å². The third-order valence-corrected chi connectivity index (χ3v) is 6.88. The molecule has 2 heterocycles. The van der Waals surface area contributed by atoms with E-state index in [0.29, 0.717) is 0 Å². The van der Waals surface area contributed by atoms with Crippen molar-refractivity contribution in [2.24, 2.45) is 0 Å². The average molecular weight is 437 g/mol. The number of likely N-dealkylation sites (tertiary alicyclic amines) is 1. The van der Waals surface area contributed by atoms with E-state index in [1.54, 1.807) is 7.11 Å². The van der Waals surface area contributed by atoms with Gasteiger partial charge in [-0.25, -0.2) is 0 Å². The number of piperidine rings is 1. The molecule has 2 aliphatic heterocycles. The summed E-state index contributed by atoms with van der Waals surface area (Å²) in [7, 11) is 1.70. The molecule has 3 aromatic carbocycles. The topological polar surface area (TPSA) is 22.9 Å². The van der Waals surface area contributed by atoms with Crippen molar-refractivity contribution in [2.45, 2.75) is 31.9 Å². The molecule has 0 saturated carbocycles. The first kappa shape index (κ1) is 21.4. The molecule has 0 unspecified atom stereocenters. The number of allylic oxidation sites excluding steroid dienone is 1. The summed E-state index contributed by atoms with van der Waals surface area (Å²) in [6.45, 7) is 4.35. The molecule has 1 atom stereocenters. The van der Waals surface area contributed by atoms with Crippen molar-refractivity contribution in [2.75, 3.05) is 20.2 Å². The molecule has 33 heavy (non-hydrogen) atoms. The molecule has 1 N–H and O–H groups in total. The van der Waals surface area contributed by atoms with Crippen LogP contribution in [0.5, 0.6) is 11.5 Å². The third kappa shape index (κ3) is 3.92. The summed E-state index contributed by atoms with van der Waals surface area (Å²) >= 11 is 0. The maximum absolute atomic E-state index is 7.01. The molecule has 3 aromatic rings. The normalized spacial score (nSPS) is 20.3. The fourth-order valence-corrected chi connectivity index (χ4v) is 5.17. The van der Waals surface area contributed by atoms with Gasteiger partial charge in [0, 0.05) is 16.7 Å². The van der Waals surface area contributed by atoms with Crippen molar-refractivity contribution >= 4 is 5.57 Å². The Kier molecular flexibility index (Phi) is 5.94. The highest BCUT2D eigenvalue weighted by atomic mass is 16.5. The van der Waals surface area contributed by atoms with Gasteiger partial charge in [0.05, 0.1) is 31.3 Å². The van der Waals surface area contributed by atoms with Gasteiger partial charge in [-0.1, -0.05) is 42.2 Å². The molecule has 1 fully saturated rings. The predicted octanol–water partition coefficient (Wildman–Crippen LogP) is 4.83. The summed E-state index contributed by atoms with van der Waals surface area (Å²) < 4.78 is 12.5. The molecule has 0 bridgehead atoms. The number of methoxy groups -OCH3 is 1. The van der Waals surface area contributed by atoms with Gasteiger partial charge in [0.25, 0.3) is 5.72 Å². The van der Waals surface area contributed by atoms with Gasteiger partial charge >= 0.3 is 0 Å². The second-order valence-corrected chi connectivity index (χ2v) is 8.79. The minimum Gasteiger partial charge on any atom is -0.497 e. The summed E-state index contributed by atoms with van der Waals surface area (Å²) in [6, 6.07) is 26.9. The maximum Gasteiger partial charge on any atom is 0.292 e. The van der Waals surface area contributed by atoms with Crippen LogP contribution in [0.3, 0.4) is 0 Å². The lowest BCUT2D eigenvalue weighted by molar-refractivity contribution is -0.980. The predicted molar refractivity (Wildman–Crippen MR) is 132 cm³/mol. The van der Waals surface area contributed by atoms with Crippen LogP contribution in [0.15, 0.2) is 84.4 Å². The molecule has 0 amide bonds. The zero-order chi connectivity index (χ0) is 22.7. The number of para-hydroxylation sites is 1. The lowest BCUT2D eigenvalue weighted by atomic mass is 9.83. The van der Waals surface area contributed by atoms with Crippen LogP contribution in [0.25, 0.3) is 5.57 Å². The molecule has 5 rings (SSSR count). The van der Waals surface area contributed by atoms with E-state index in [4.69, 9.17) is 9.47 Å². The Morgan fingerprint density at radius 3 is 2.24 bits per heavy atom. The monoisotopic (exact) mass is 436 g/mol. The van der Waals surface area contributed by atoms with E-state index in [9.17, 15) is 0 Å². The van der Waals surface area contributed by atoms with Gasteiger partial charge < -0.3 is 9.47 Å². The average Bonchev–Trinajstić information content (AvgIpc) is 2.89. The maximum atomic E-state index is 7.01. The number of rotatable bonds is 3. The van der Waals surface area contributed by atoms with Crippen molar-refractivity contribution in [1.82, 2.24) is 0 Å². The van der Waals surface area contributed by atoms with Crippen molar-refractivity contribution in [3.05, 3.63) is 101 Å². The molecular weight excluding hydrogens is 406 g/mol. The third-order valence-electron chi connectivity index (χ3n) is 6.88. The second kappa shape index (κ2) is 9.17. The molecular formula is C30H30NO2+. The number of hydrogen-bond acceptors (Lipinski definition) is 2. The van der Waals surface area contributed by atoms with Crippen molar-refractivity contribution in [3.8, 4) is 23.3 Å². The number of nitrogens with one attached hydrogen (secondary N) is 1. The van der Waals surface area contributed by atoms with Crippen molar-refractivity contribution < 1.29 is 14.4 Å². The number of hydrogen-bond donors (Lipinski definition) is 1. The Hall–Kier alpha value is -3.48. The van der Waals surface area contributed by atoms with Crippen LogP contribution < -0.4 is 14.4 Å². The van der Waals surface area contributed by atoms with Crippen LogP contribution in [0, 0.1) is 11.8 Å². The van der Waals surface area contributed by atoms with E-state index < -0.39 is 5.72 Å². The molecule has 0 spiro atoms. The number of benzene rings is 3. The molecule has 0 radical (unpaired) electrons. The van der Waals surface area contributed by atoms with Crippen LogP contribution in [0.1, 0.15) is 42.9 Å². The number of ether oxygens (including phenoxy) is 2. The Labute approximate surface area is 196 Å². The number of quaternary nitrogens is 1. The number of fused-ring (bicyclic) bond motifs is 1. The molecule has 3 nitrogen and oxygen atoms in total. The Morgan fingerprint density at radius 1 is 0.818 bits per heavy atom. The van der Waals surface area contributed by atoms with Crippen LogP contribution in [0.2, 0.25) is 0 Å². The summed E-state index contributed by atoms with van der Waals surface area (Å²) in [5.74, 6) is 8.69. The Balaban J connectivity index is 1.73. The summed E-state index contributed by atoms with van der Waals surface area (Å²) in [5, 5.41) is 0. The molecule has 0 aromatic heterocycles. The highest BCUT2D eigenvalue weighted by Gasteiger charge is 2.51. The van der Waals surface area contributed by atoms with E-state index in [2.05, 4.69) is 61.2 Å². The lowest BCUT2D eigenvalue weighted by Gasteiger charge is -2.45. The fraction of sp³-hybridized carbons (Fsp3) is 0.267. The van der Waals surface area contributed by atoms with Crippen molar-refractivity contribution in [1.29, 1.82) is 0 Å². The highest BCUT2D eigenvalue weighted by molar-refractivity contribution is 5.87. The fourth-order valence-electron chi connectivity index (χ4n) is 5.17. The first-order valence-corrected chi connectivity index (χ1v) is 11.8. The lowest BCUT2D eigenvalue weighted by Crippen LogP contribution is -3.20. The van der Waals surface area contributed by atoms with Gasteiger partial charge in [-0.2, -0.15) is 0 Å². The molecule has 2 aliphatic rings. The SMILES string of the molecule is COc1ccc([C@@]2([NH+]3CCCCC3)Oc3ccccc3C(C#Cc3ccccc3)=C2C)cc1. The van der Waals surface area contributed by atoms with Crippen LogP contribution in [-0.4, -0.2) is 20.2 Å². The minimum atomic E-state index is -0.609. The Morgan fingerprint density at radius 2 is 1.52 bits per heavy atom. The summed E-state index contributed by atoms with van der Waals surface area (Å²) in [6.07, 6.45) is 3.69. The van der Waals surface area contributed by atoms with Gasteiger partial charge in [-0.3, -0.25) is 4.90 Å². The van der Waals surface area contributed by atoms with Gasteiger partial charge in [0.15, 0.2) is 0 Å². The Bertz CT molecular complexity index is 1210. The van der Waals surface area contributed by atoms with Gasteiger partial charge in [-0.05, 0) is 74.7 Å². The molecule has 0 aliphatic carbocycles. The first-order valence-electron chi connectivity index (χ1n) is 11.8. The largest absolute Gasteiger partial charge is 0.497 e. The zero-order valence-electron chi connectivity index (χ0n) is 19.4. The van der Waals surface area contributed by atoms with E-state index in [1.165, 1.54) is 29.7 Å². The van der Waals surface area contributed by atoms with Crippen LogP contribution >= 0.6 is 0 Å². The van der Waals surface area contributed by atoms with E-state index >= 15 is 0 Å².